The van der Waals surface area contributed by atoms with E-state index in [1.54, 1.807) is 73.0 Å². The lowest BCUT2D eigenvalue weighted by atomic mass is 10.00. The molecule has 4 heterocycles. The molecule has 0 fully saturated rings. The van der Waals surface area contributed by atoms with E-state index in [0.717, 1.165) is 44.9 Å². The van der Waals surface area contributed by atoms with Crippen LogP contribution in [-0.4, -0.2) is 58.2 Å². The van der Waals surface area contributed by atoms with Crippen molar-refractivity contribution in [3.8, 4) is 0 Å². The Labute approximate surface area is 324 Å². The van der Waals surface area contributed by atoms with E-state index in [0.29, 0.717) is 45.5 Å². The van der Waals surface area contributed by atoms with Gasteiger partial charge in [0.15, 0.2) is 0 Å². The van der Waals surface area contributed by atoms with Crippen molar-refractivity contribution in [2.24, 2.45) is 0 Å². The Kier molecular flexibility index (Phi) is 13.3. The number of hydrogen-bond donors (Lipinski definition) is 4. The third kappa shape index (κ3) is 12.6. The van der Waals surface area contributed by atoms with Gasteiger partial charge in [0, 0.05) is 53.0 Å². The lowest BCUT2D eigenvalue weighted by molar-refractivity contribution is 0.0684. The SMILES string of the molecule is CC(C)(C)O.CC(C)(O)c1cc(C(=O)O)cc(Cc2ccc3ncc(Cl)cc3c2)n1.CC(C)(O)c1cc(C=O)cc(Cc2ccc3ncc(Cl)cc3c2)n1. The predicted octanol–water partition coefficient (Wildman–Crippen LogP) is 8.49. The fourth-order valence-corrected chi connectivity index (χ4v) is 5.48. The zero-order chi connectivity index (χ0) is 40.0. The van der Waals surface area contributed by atoms with Gasteiger partial charge in [0.2, 0.25) is 0 Å². The minimum absolute atomic E-state index is 0.104. The lowest BCUT2D eigenvalue weighted by Crippen LogP contribution is -2.19. The molecule has 0 amide bonds. The largest absolute Gasteiger partial charge is 0.478 e. The van der Waals surface area contributed by atoms with Gasteiger partial charge >= 0.3 is 5.97 Å². The number of halogens is 2. The molecule has 0 aliphatic rings. The molecule has 4 N–H and O–H groups in total. The van der Waals surface area contributed by atoms with Crippen LogP contribution in [0.15, 0.2) is 85.2 Å². The molecule has 4 aromatic heterocycles. The van der Waals surface area contributed by atoms with Gasteiger partial charge in [0.05, 0.1) is 43.6 Å². The monoisotopic (exact) mass is 770 g/mol. The maximum atomic E-state index is 11.4. The molecule has 0 aliphatic heterocycles. The average molecular weight is 772 g/mol. The number of pyridine rings is 4. The number of aromatic carboxylic acids is 1. The highest BCUT2D eigenvalue weighted by Gasteiger charge is 2.22. The van der Waals surface area contributed by atoms with Crippen LogP contribution in [0.25, 0.3) is 21.8 Å². The second-order valence-electron chi connectivity index (χ2n) is 14.9. The van der Waals surface area contributed by atoms with E-state index in [1.165, 1.54) is 12.1 Å². The summed E-state index contributed by atoms with van der Waals surface area (Å²) in [6.45, 7) is 11.7. The van der Waals surface area contributed by atoms with Gasteiger partial charge in [0.25, 0.3) is 0 Å². The topological polar surface area (TPSA) is 167 Å². The Balaban J connectivity index is 0.000000214. The molecule has 0 aliphatic carbocycles. The van der Waals surface area contributed by atoms with Crippen molar-refractivity contribution in [3.63, 3.8) is 0 Å². The molecule has 0 atom stereocenters. The Morgan fingerprint density at radius 1 is 0.648 bits per heavy atom. The van der Waals surface area contributed by atoms with Crippen LogP contribution >= 0.6 is 23.2 Å². The first-order chi connectivity index (χ1) is 25.1. The molecule has 0 spiro atoms. The second-order valence-corrected chi connectivity index (χ2v) is 15.8. The molecule has 6 rings (SSSR count). The summed E-state index contributed by atoms with van der Waals surface area (Å²) in [4.78, 5) is 40.0. The molecular formula is C42H44Cl2N4O6. The van der Waals surface area contributed by atoms with Gasteiger partial charge in [-0.2, -0.15) is 0 Å². The maximum Gasteiger partial charge on any atom is 0.335 e. The van der Waals surface area contributed by atoms with Crippen molar-refractivity contribution in [1.82, 2.24) is 19.9 Å². The van der Waals surface area contributed by atoms with Gasteiger partial charge in [-0.05, 0) is 120 Å². The van der Waals surface area contributed by atoms with Crippen LogP contribution in [-0.2, 0) is 24.0 Å². The van der Waals surface area contributed by atoms with Crippen LogP contribution in [0.2, 0.25) is 10.0 Å². The molecule has 282 valence electrons. The molecule has 12 heteroatoms. The van der Waals surface area contributed by atoms with Crippen LogP contribution in [0.4, 0.5) is 0 Å². The maximum absolute atomic E-state index is 11.4. The van der Waals surface area contributed by atoms with Crippen molar-refractivity contribution in [1.29, 1.82) is 0 Å². The van der Waals surface area contributed by atoms with Gasteiger partial charge in [0.1, 0.15) is 17.5 Å². The Hall–Kier alpha value is -4.84. The Bertz CT molecular complexity index is 2290. The molecular weight excluding hydrogens is 727 g/mol. The molecule has 0 unspecified atom stereocenters. The zero-order valence-electron chi connectivity index (χ0n) is 31.2. The van der Waals surface area contributed by atoms with Crippen molar-refractivity contribution in [2.45, 2.75) is 78.1 Å². The summed E-state index contributed by atoms with van der Waals surface area (Å²) in [5.74, 6) is -1.05. The van der Waals surface area contributed by atoms with Crippen LogP contribution in [0.3, 0.4) is 0 Å². The molecule has 0 saturated carbocycles. The second kappa shape index (κ2) is 17.1. The molecule has 0 bridgehead atoms. The first kappa shape index (κ1) is 41.9. The molecule has 0 saturated heterocycles. The van der Waals surface area contributed by atoms with E-state index in [-0.39, 0.29) is 5.56 Å². The number of carboxylic acids is 1. The first-order valence-electron chi connectivity index (χ1n) is 17.0. The van der Waals surface area contributed by atoms with Crippen molar-refractivity contribution < 1.29 is 30.0 Å². The van der Waals surface area contributed by atoms with E-state index < -0.39 is 22.8 Å². The third-order valence-electron chi connectivity index (χ3n) is 7.61. The predicted molar refractivity (Wildman–Crippen MR) is 212 cm³/mol. The van der Waals surface area contributed by atoms with E-state index >= 15 is 0 Å². The van der Waals surface area contributed by atoms with Crippen LogP contribution < -0.4 is 0 Å². The number of rotatable bonds is 8. The molecule has 0 radical (unpaired) electrons. The number of aldehydes is 1. The number of carbonyl (C=O) groups excluding carboxylic acids is 1. The van der Waals surface area contributed by atoms with Crippen LogP contribution in [0, 0.1) is 0 Å². The van der Waals surface area contributed by atoms with Crippen molar-refractivity contribution in [2.75, 3.05) is 0 Å². The number of carbonyl (C=O) groups is 2. The normalized spacial score (nSPS) is 11.7. The highest BCUT2D eigenvalue weighted by molar-refractivity contribution is 6.31. The number of aliphatic hydroxyl groups is 3. The summed E-state index contributed by atoms with van der Waals surface area (Å²) in [7, 11) is 0. The van der Waals surface area contributed by atoms with Gasteiger partial charge in [-0.25, -0.2) is 4.79 Å². The fourth-order valence-electron chi connectivity index (χ4n) is 5.14. The summed E-state index contributed by atoms with van der Waals surface area (Å²) < 4.78 is 0. The van der Waals surface area contributed by atoms with E-state index in [9.17, 15) is 24.9 Å². The number of nitrogens with zero attached hydrogens (tertiary/aromatic N) is 4. The smallest absolute Gasteiger partial charge is 0.335 e. The van der Waals surface area contributed by atoms with Crippen molar-refractivity contribution >= 4 is 57.3 Å². The summed E-state index contributed by atoms with van der Waals surface area (Å²) in [5.41, 5.74) is 3.58. The van der Waals surface area contributed by atoms with Crippen LogP contribution in [0.1, 0.15) is 103 Å². The van der Waals surface area contributed by atoms with E-state index in [2.05, 4.69) is 19.9 Å². The van der Waals surface area contributed by atoms with Gasteiger partial charge < -0.3 is 20.4 Å². The standard InChI is InChI=1S/C19H17ClN2O3.C19H17ClN2O2.C4H10O/c1-19(2,25)17-9-13(18(23)24)8-15(22-17)6-11-3-4-16-12(5-11)7-14(20)10-21-16;1-19(2,24)18-8-13(11-23)7-16(22-18)6-12-3-4-17-14(5-12)9-15(20)10-21-17;1-4(2,3)5/h3-5,7-10,25H,6H2,1-2H3,(H,23,24);3-5,7-11,24H,6H2,1-2H3;5H,1-3H3. The van der Waals surface area contributed by atoms with Gasteiger partial charge in [-0.1, -0.05) is 35.3 Å². The Morgan fingerprint density at radius 3 is 1.48 bits per heavy atom. The van der Waals surface area contributed by atoms with Crippen LogP contribution in [0.5, 0.6) is 0 Å². The van der Waals surface area contributed by atoms with Crippen molar-refractivity contribution in [3.05, 3.63) is 140 Å². The number of hydrogen-bond acceptors (Lipinski definition) is 9. The highest BCUT2D eigenvalue weighted by atomic mass is 35.5. The summed E-state index contributed by atoms with van der Waals surface area (Å²) in [6, 6.07) is 21.6. The highest BCUT2D eigenvalue weighted by Crippen LogP contribution is 2.25. The zero-order valence-corrected chi connectivity index (χ0v) is 32.7. The first-order valence-corrected chi connectivity index (χ1v) is 17.8. The Morgan fingerprint density at radius 2 is 1.07 bits per heavy atom. The molecule has 10 nitrogen and oxygen atoms in total. The number of aromatic nitrogens is 4. The van der Waals surface area contributed by atoms with Gasteiger partial charge in [-0.3, -0.25) is 24.7 Å². The lowest BCUT2D eigenvalue weighted by Gasteiger charge is -2.18. The molecule has 6 aromatic rings. The van der Waals surface area contributed by atoms with E-state index in [1.807, 2.05) is 48.5 Å². The van der Waals surface area contributed by atoms with Gasteiger partial charge in [-0.15, -0.1) is 0 Å². The summed E-state index contributed by atoms with van der Waals surface area (Å²) in [5, 5.41) is 41.2. The fraction of sp³-hybridized carbons (Fsp3) is 0.286. The average Bonchev–Trinajstić information content (AvgIpc) is 3.06. The summed E-state index contributed by atoms with van der Waals surface area (Å²) >= 11 is 12.0. The number of fused-ring (bicyclic) bond motifs is 2. The number of carboxylic acid groups (broad SMARTS) is 1. The minimum Gasteiger partial charge on any atom is -0.478 e. The quantitative estimate of drug-likeness (QED) is 0.110. The summed E-state index contributed by atoms with van der Waals surface area (Å²) in [6.07, 6.45) is 4.97. The third-order valence-corrected chi connectivity index (χ3v) is 8.02. The number of benzene rings is 2. The molecule has 2 aromatic carbocycles. The molecule has 54 heavy (non-hydrogen) atoms. The minimum atomic E-state index is -1.22. The van der Waals surface area contributed by atoms with E-state index in [4.69, 9.17) is 28.3 Å².